The third-order valence-electron chi connectivity index (χ3n) is 5.31. The van der Waals surface area contributed by atoms with Gasteiger partial charge in [0.2, 0.25) is 5.91 Å². The Morgan fingerprint density at radius 1 is 0.833 bits per heavy atom. The lowest BCUT2D eigenvalue weighted by Gasteiger charge is -2.19. The number of thioether (sulfide) groups is 2. The van der Waals surface area contributed by atoms with Crippen molar-refractivity contribution in [1.29, 1.82) is 0 Å². The topological polar surface area (TPSA) is 20.3 Å². The minimum absolute atomic E-state index is 0.312. The summed E-state index contributed by atoms with van der Waals surface area (Å²) in [4.78, 5) is 14.2. The number of carbonyl (C=O) groups is 1. The summed E-state index contributed by atoms with van der Waals surface area (Å²) in [6, 6.07) is 21.5. The first kappa shape index (κ1) is 24.9. The number of unbranched alkanes of at least 4 members (excludes halogenated alkanes) is 1. The van der Waals surface area contributed by atoms with Crippen molar-refractivity contribution in [2.75, 3.05) is 18.8 Å². The van der Waals surface area contributed by atoms with Crippen molar-refractivity contribution in [3.05, 3.63) is 71.8 Å². The maximum Gasteiger partial charge on any atom is 0.222 e. The molecule has 0 aliphatic carbocycles. The van der Waals surface area contributed by atoms with Crippen molar-refractivity contribution in [2.45, 2.75) is 62.7 Å². The molecule has 0 saturated heterocycles. The average molecular weight is 444 g/mol. The lowest BCUT2D eigenvalue weighted by atomic mass is 10.1. The Hall–Kier alpha value is -1.39. The van der Waals surface area contributed by atoms with E-state index in [0.29, 0.717) is 17.6 Å². The van der Waals surface area contributed by atoms with E-state index in [-0.39, 0.29) is 0 Å². The molecule has 0 aliphatic rings. The Bertz CT molecular complexity index is 689. The minimum atomic E-state index is 0.312. The van der Waals surface area contributed by atoms with E-state index in [1.165, 1.54) is 29.7 Å². The highest BCUT2D eigenvalue weighted by molar-refractivity contribution is 7.99. The van der Waals surface area contributed by atoms with Gasteiger partial charge in [0.25, 0.3) is 0 Å². The first-order valence-corrected chi connectivity index (χ1v) is 13.5. The van der Waals surface area contributed by atoms with Gasteiger partial charge in [-0.1, -0.05) is 67.1 Å². The third kappa shape index (κ3) is 10.1. The van der Waals surface area contributed by atoms with Gasteiger partial charge in [-0.05, 0) is 50.0 Å². The van der Waals surface area contributed by atoms with Gasteiger partial charge in [0.1, 0.15) is 0 Å². The molecule has 2 rings (SSSR count). The lowest BCUT2D eigenvalue weighted by Crippen LogP contribution is -2.30. The zero-order valence-corrected chi connectivity index (χ0v) is 20.2. The van der Waals surface area contributed by atoms with Crippen molar-refractivity contribution in [3.63, 3.8) is 0 Å². The summed E-state index contributed by atoms with van der Waals surface area (Å²) in [7, 11) is 0. The minimum Gasteiger partial charge on any atom is -0.343 e. The first-order valence-electron chi connectivity index (χ1n) is 11.3. The van der Waals surface area contributed by atoms with Gasteiger partial charge in [-0.15, -0.1) is 0 Å². The SMILES string of the molecule is CCN(CC)C(=O)CCCCC(CCSCc1ccccc1)SCc1ccccc1. The number of carbonyl (C=O) groups excluding carboxylic acids is 1. The number of hydrogen-bond acceptors (Lipinski definition) is 3. The normalized spacial score (nSPS) is 11.9. The van der Waals surface area contributed by atoms with E-state index >= 15 is 0 Å². The van der Waals surface area contributed by atoms with E-state index in [9.17, 15) is 4.79 Å². The molecule has 164 valence electrons. The van der Waals surface area contributed by atoms with Gasteiger partial charge < -0.3 is 4.90 Å². The van der Waals surface area contributed by atoms with Crippen molar-refractivity contribution in [3.8, 4) is 0 Å². The molecular weight excluding hydrogens is 406 g/mol. The maximum absolute atomic E-state index is 12.2. The second-order valence-electron chi connectivity index (χ2n) is 7.56. The quantitative estimate of drug-likeness (QED) is 0.275. The summed E-state index contributed by atoms with van der Waals surface area (Å²) < 4.78 is 0. The van der Waals surface area contributed by atoms with Crippen LogP contribution >= 0.6 is 23.5 Å². The predicted octanol–water partition coefficient (Wildman–Crippen LogP) is 7.04. The molecule has 30 heavy (non-hydrogen) atoms. The summed E-state index contributed by atoms with van der Waals surface area (Å²) >= 11 is 4.12. The molecule has 2 nitrogen and oxygen atoms in total. The Morgan fingerprint density at radius 2 is 1.43 bits per heavy atom. The third-order valence-corrected chi connectivity index (χ3v) is 7.81. The van der Waals surface area contributed by atoms with Crippen LogP contribution in [0.3, 0.4) is 0 Å². The standard InChI is InChI=1S/C26H37NOS2/c1-3-27(4-2)26(28)18-12-11-17-25(30-22-24-15-9-6-10-16-24)19-20-29-21-23-13-7-5-8-14-23/h5-10,13-16,25H,3-4,11-12,17-22H2,1-2H3. The van der Waals surface area contributed by atoms with Crippen LogP contribution in [-0.4, -0.2) is 34.9 Å². The molecule has 2 aromatic rings. The summed E-state index contributed by atoms with van der Waals surface area (Å²) in [6.45, 7) is 5.77. The molecule has 0 radical (unpaired) electrons. The summed E-state index contributed by atoms with van der Waals surface area (Å²) in [6.07, 6.45) is 5.28. The molecule has 0 saturated carbocycles. The van der Waals surface area contributed by atoms with Crippen molar-refractivity contribution >= 4 is 29.4 Å². The maximum atomic E-state index is 12.2. The van der Waals surface area contributed by atoms with Gasteiger partial charge >= 0.3 is 0 Å². The van der Waals surface area contributed by atoms with Crippen LogP contribution in [0.4, 0.5) is 0 Å². The Balaban J connectivity index is 1.74. The smallest absolute Gasteiger partial charge is 0.222 e. The number of hydrogen-bond donors (Lipinski definition) is 0. The van der Waals surface area contributed by atoms with E-state index in [1.807, 2.05) is 16.7 Å². The molecule has 4 heteroatoms. The first-order chi connectivity index (χ1) is 14.7. The monoisotopic (exact) mass is 443 g/mol. The predicted molar refractivity (Wildman–Crippen MR) is 135 cm³/mol. The zero-order chi connectivity index (χ0) is 21.4. The number of rotatable bonds is 15. The van der Waals surface area contributed by atoms with Gasteiger partial charge in [0.15, 0.2) is 0 Å². The highest BCUT2D eigenvalue weighted by atomic mass is 32.2. The molecule has 0 fully saturated rings. The molecule has 0 heterocycles. The molecule has 0 aromatic heterocycles. The van der Waals surface area contributed by atoms with Crippen LogP contribution < -0.4 is 0 Å². The summed E-state index contributed by atoms with van der Waals surface area (Å²) in [5.41, 5.74) is 2.81. The van der Waals surface area contributed by atoms with E-state index in [0.717, 1.165) is 37.4 Å². The molecule has 2 aromatic carbocycles. The molecule has 1 amide bonds. The highest BCUT2D eigenvalue weighted by Gasteiger charge is 2.12. The second kappa shape index (κ2) is 15.4. The zero-order valence-electron chi connectivity index (χ0n) is 18.6. The molecule has 1 atom stereocenters. The fourth-order valence-electron chi connectivity index (χ4n) is 3.46. The van der Waals surface area contributed by atoms with Crippen LogP contribution in [0.15, 0.2) is 60.7 Å². The van der Waals surface area contributed by atoms with Crippen LogP contribution in [0.25, 0.3) is 0 Å². The van der Waals surface area contributed by atoms with Gasteiger partial charge in [-0.3, -0.25) is 4.79 Å². The largest absolute Gasteiger partial charge is 0.343 e. The Kier molecular flexibility index (Phi) is 12.8. The van der Waals surface area contributed by atoms with Crippen LogP contribution in [0, 0.1) is 0 Å². The van der Waals surface area contributed by atoms with E-state index in [2.05, 4.69) is 86.3 Å². The van der Waals surface area contributed by atoms with Crippen molar-refractivity contribution in [2.24, 2.45) is 0 Å². The van der Waals surface area contributed by atoms with E-state index in [1.54, 1.807) is 0 Å². The number of nitrogens with zero attached hydrogens (tertiary/aromatic N) is 1. The summed E-state index contributed by atoms with van der Waals surface area (Å²) in [5, 5.41) is 0.664. The van der Waals surface area contributed by atoms with Gasteiger partial charge in [0, 0.05) is 36.3 Å². The van der Waals surface area contributed by atoms with Gasteiger partial charge in [-0.25, -0.2) is 0 Å². The molecule has 0 bridgehead atoms. The highest BCUT2D eigenvalue weighted by Crippen LogP contribution is 2.27. The van der Waals surface area contributed by atoms with Crippen LogP contribution in [0.2, 0.25) is 0 Å². The summed E-state index contributed by atoms with van der Waals surface area (Å²) in [5.74, 6) is 3.68. The molecule has 1 unspecified atom stereocenters. The van der Waals surface area contributed by atoms with Crippen LogP contribution in [0.1, 0.15) is 57.1 Å². The van der Waals surface area contributed by atoms with E-state index in [4.69, 9.17) is 0 Å². The Labute approximate surface area is 192 Å². The van der Waals surface area contributed by atoms with Crippen LogP contribution in [-0.2, 0) is 16.3 Å². The number of benzene rings is 2. The lowest BCUT2D eigenvalue weighted by molar-refractivity contribution is -0.130. The fourth-order valence-corrected chi connectivity index (χ4v) is 5.87. The molecule has 0 spiro atoms. The van der Waals surface area contributed by atoms with Crippen LogP contribution in [0.5, 0.6) is 0 Å². The molecular formula is C26H37NOS2. The Morgan fingerprint density at radius 3 is 2.03 bits per heavy atom. The van der Waals surface area contributed by atoms with Crippen molar-refractivity contribution < 1.29 is 4.79 Å². The average Bonchev–Trinajstić information content (AvgIpc) is 2.79. The van der Waals surface area contributed by atoms with E-state index < -0.39 is 0 Å². The molecule has 0 aliphatic heterocycles. The van der Waals surface area contributed by atoms with Crippen molar-refractivity contribution in [1.82, 2.24) is 4.90 Å². The number of amides is 1. The fraction of sp³-hybridized carbons (Fsp3) is 0.500. The van der Waals surface area contributed by atoms with Gasteiger partial charge in [0.05, 0.1) is 0 Å². The molecule has 0 N–H and O–H groups in total. The van der Waals surface area contributed by atoms with Gasteiger partial charge in [-0.2, -0.15) is 23.5 Å². The second-order valence-corrected chi connectivity index (χ2v) is 9.95.